The second-order valence-corrected chi connectivity index (χ2v) is 10.4. The van der Waals surface area contributed by atoms with Gasteiger partial charge in [-0.2, -0.15) is 4.31 Å². The van der Waals surface area contributed by atoms with Crippen molar-refractivity contribution < 1.29 is 8.42 Å². The Morgan fingerprint density at radius 2 is 2.21 bits per heavy atom. The lowest BCUT2D eigenvalue weighted by Crippen LogP contribution is -2.45. The molecular formula is C18H21BrClN5O2S2. The molecular weight excluding hydrogens is 498 g/mol. The molecule has 1 atom stereocenters. The van der Waals surface area contributed by atoms with E-state index in [2.05, 4.69) is 35.8 Å². The molecule has 0 aliphatic carbocycles. The average molecular weight is 519 g/mol. The van der Waals surface area contributed by atoms with Crippen LogP contribution in [0, 0.1) is 0 Å². The number of nitrogens with zero attached hydrogens (tertiary/aromatic N) is 4. The van der Waals surface area contributed by atoms with Crippen LogP contribution < -0.4 is 4.90 Å². The molecule has 1 aliphatic rings. The normalized spacial score (nSPS) is 17.4. The predicted octanol–water partition coefficient (Wildman–Crippen LogP) is 3.44. The minimum absolute atomic E-state index is 0. The smallest absolute Gasteiger partial charge is 0.211 e. The number of thiazole rings is 1. The Labute approximate surface area is 188 Å². The van der Waals surface area contributed by atoms with Crippen LogP contribution in [0.3, 0.4) is 0 Å². The van der Waals surface area contributed by atoms with Crippen LogP contribution in [0.25, 0.3) is 0 Å². The molecule has 11 heteroatoms. The van der Waals surface area contributed by atoms with Gasteiger partial charge in [0.25, 0.3) is 0 Å². The van der Waals surface area contributed by atoms with Gasteiger partial charge in [0.1, 0.15) is 0 Å². The lowest BCUT2D eigenvalue weighted by atomic mass is 10.1. The lowest BCUT2D eigenvalue weighted by molar-refractivity contribution is 0.319. The van der Waals surface area contributed by atoms with Gasteiger partial charge >= 0.3 is 0 Å². The summed E-state index contributed by atoms with van der Waals surface area (Å²) in [6.45, 7) is 1.53. The van der Waals surface area contributed by atoms with E-state index in [0.29, 0.717) is 26.1 Å². The minimum atomic E-state index is -3.40. The zero-order valence-corrected chi connectivity index (χ0v) is 19.7. The highest BCUT2D eigenvalue weighted by Crippen LogP contribution is 2.32. The fourth-order valence-corrected chi connectivity index (χ4v) is 5.63. The van der Waals surface area contributed by atoms with Crippen molar-refractivity contribution in [2.24, 2.45) is 0 Å². The van der Waals surface area contributed by atoms with Crippen LogP contribution in [0.4, 0.5) is 5.69 Å². The summed E-state index contributed by atoms with van der Waals surface area (Å²) in [6, 6.07) is 5.82. The van der Waals surface area contributed by atoms with Gasteiger partial charge < -0.3 is 9.88 Å². The number of hydrogen-bond donors (Lipinski definition) is 1. The number of H-pyrrole nitrogens is 1. The van der Waals surface area contributed by atoms with Crippen molar-refractivity contribution in [1.82, 2.24) is 19.3 Å². The van der Waals surface area contributed by atoms with Crippen LogP contribution in [0.5, 0.6) is 0 Å². The van der Waals surface area contributed by atoms with Crippen molar-refractivity contribution in [3.05, 3.63) is 63.0 Å². The molecule has 0 unspecified atom stereocenters. The van der Waals surface area contributed by atoms with Crippen LogP contribution >= 0.6 is 39.7 Å². The van der Waals surface area contributed by atoms with Gasteiger partial charge in [-0.05, 0) is 23.8 Å². The zero-order chi connectivity index (χ0) is 19.7. The fraction of sp³-hybridized carbons (Fsp3) is 0.333. The van der Waals surface area contributed by atoms with Gasteiger partial charge in [-0.25, -0.2) is 18.4 Å². The molecule has 0 saturated carbocycles. The summed E-state index contributed by atoms with van der Waals surface area (Å²) in [5.41, 5.74) is 5.68. The van der Waals surface area contributed by atoms with Crippen molar-refractivity contribution >= 4 is 55.4 Å². The Morgan fingerprint density at radius 1 is 1.38 bits per heavy atom. The number of anilines is 1. The molecule has 0 radical (unpaired) electrons. The van der Waals surface area contributed by atoms with E-state index in [0.717, 1.165) is 27.1 Å². The quantitative estimate of drug-likeness (QED) is 0.559. The molecule has 0 saturated heterocycles. The third-order valence-electron chi connectivity index (χ3n) is 4.82. The molecule has 29 heavy (non-hydrogen) atoms. The fourth-order valence-electron chi connectivity index (χ4n) is 3.59. The van der Waals surface area contributed by atoms with E-state index in [1.165, 1.54) is 17.6 Å². The molecule has 0 fully saturated rings. The third-order valence-corrected chi connectivity index (χ3v) is 7.22. The molecule has 1 aromatic carbocycles. The van der Waals surface area contributed by atoms with E-state index in [-0.39, 0.29) is 18.4 Å². The van der Waals surface area contributed by atoms with Gasteiger partial charge in [0.2, 0.25) is 10.0 Å². The SMILES string of the molecule is CS(=O)(=O)N1Cc2cc(Br)ccc2N(Cc2cnc[nH]2)C[C@H]1Cc1cscn1.Cl. The van der Waals surface area contributed by atoms with E-state index in [9.17, 15) is 8.42 Å². The first-order valence-corrected chi connectivity index (χ1v) is 12.3. The van der Waals surface area contributed by atoms with Gasteiger partial charge in [-0.15, -0.1) is 23.7 Å². The second kappa shape index (κ2) is 9.13. The molecule has 4 rings (SSSR count). The lowest BCUT2D eigenvalue weighted by Gasteiger charge is -2.30. The summed E-state index contributed by atoms with van der Waals surface area (Å²) in [5, 5.41) is 1.98. The van der Waals surface area contributed by atoms with Crippen LogP contribution in [-0.4, -0.2) is 46.5 Å². The number of imidazole rings is 1. The Morgan fingerprint density at radius 3 is 2.86 bits per heavy atom. The zero-order valence-electron chi connectivity index (χ0n) is 15.7. The number of nitrogens with one attached hydrogen (secondary N) is 1. The van der Waals surface area contributed by atoms with Crippen molar-refractivity contribution in [1.29, 1.82) is 0 Å². The molecule has 3 heterocycles. The van der Waals surface area contributed by atoms with Gasteiger partial charge in [0, 0.05) is 47.3 Å². The van der Waals surface area contributed by atoms with Crippen molar-refractivity contribution in [3.8, 4) is 0 Å². The molecule has 1 N–H and O–H groups in total. The van der Waals surface area contributed by atoms with Crippen molar-refractivity contribution in [2.75, 3.05) is 17.7 Å². The summed E-state index contributed by atoms with van der Waals surface area (Å²) in [7, 11) is -3.40. The van der Waals surface area contributed by atoms with Gasteiger partial charge in [0.15, 0.2) is 0 Å². The molecule has 0 amide bonds. The number of fused-ring (bicyclic) bond motifs is 1. The maximum atomic E-state index is 12.7. The number of hydrogen-bond acceptors (Lipinski definition) is 6. The summed E-state index contributed by atoms with van der Waals surface area (Å²) in [4.78, 5) is 13.9. The van der Waals surface area contributed by atoms with Gasteiger partial charge in [-0.1, -0.05) is 15.9 Å². The summed E-state index contributed by atoms with van der Waals surface area (Å²) < 4.78 is 27.8. The Kier molecular flexibility index (Phi) is 7.00. The Bertz CT molecular complexity index is 1040. The molecule has 0 spiro atoms. The topological polar surface area (TPSA) is 82.2 Å². The first-order valence-electron chi connectivity index (χ1n) is 8.74. The predicted molar refractivity (Wildman–Crippen MR) is 121 cm³/mol. The number of sulfonamides is 1. The number of benzene rings is 1. The standard InChI is InChI=1S/C18H20BrN5O2S2.ClH/c1-28(25,26)24-7-13-4-14(19)2-3-18(13)23(8-16-6-20-11-21-16)9-17(24)5-15-10-27-12-22-15;/h2-4,6,10-12,17H,5,7-9H2,1H3,(H,20,21);1H/t17-;/m1./s1. The van der Waals surface area contributed by atoms with E-state index in [4.69, 9.17) is 0 Å². The molecule has 7 nitrogen and oxygen atoms in total. The molecule has 0 bridgehead atoms. The van der Waals surface area contributed by atoms with Crippen molar-refractivity contribution in [2.45, 2.75) is 25.6 Å². The second-order valence-electron chi connectivity index (χ2n) is 6.88. The van der Waals surface area contributed by atoms with Gasteiger partial charge in [0.05, 0.1) is 36.0 Å². The van der Waals surface area contributed by atoms with E-state index in [1.807, 2.05) is 23.6 Å². The Balaban J connectivity index is 0.00000240. The first-order chi connectivity index (χ1) is 13.4. The number of halogens is 2. The number of aromatic nitrogens is 3. The van der Waals surface area contributed by atoms with Crippen LogP contribution in [0.1, 0.15) is 17.0 Å². The molecule has 1 aliphatic heterocycles. The summed E-state index contributed by atoms with van der Waals surface area (Å²) in [6.07, 6.45) is 5.31. The average Bonchev–Trinajstić information content (AvgIpc) is 3.29. The highest BCUT2D eigenvalue weighted by Gasteiger charge is 2.33. The number of rotatable bonds is 5. The highest BCUT2D eigenvalue weighted by atomic mass is 79.9. The third kappa shape index (κ3) is 5.18. The van der Waals surface area contributed by atoms with E-state index in [1.54, 1.807) is 22.3 Å². The number of aromatic amines is 1. The van der Waals surface area contributed by atoms with Crippen LogP contribution in [0.2, 0.25) is 0 Å². The molecule has 2 aromatic heterocycles. The first kappa shape index (κ1) is 22.2. The highest BCUT2D eigenvalue weighted by molar-refractivity contribution is 9.10. The largest absolute Gasteiger partial charge is 0.364 e. The van der Waals surface area contributed by atoms with Crippen molar-refractivity contribution in [3.63, 3.8) is 0 Å². The molecule has 156 valence electrons. The van der Waals surface area contributed by atoms with Crippen LogP contribution in [-0.2, 0) is 29.5 Å². The monoisotopic (exact) mass is 517 g/mol. The summed E-state index contributed by atoms with van der Waals surface area (Å²) >= 11 is 5.04. The maximum Gasteiger partial charge on any atom is 0.211 e. The molecule has 3 aromatic rings. The summed E-state index contributed by atoms with van der Waals surface area (Å²) in [5.74, 6) is 0. The van der Waals surface area contributed by atoms with E-state index < -0.39 is 10.0 Å². The van der Waals surface area contributed by atoms with Gasteiger partial charge in [-0.3, -0.25) is 0 Å². The maximum absolute atomic E-state index is 12.7. The Hall–Kier alpha value is -1.46. The minimum Gasteiger partial charge on any atom is -0.364 e. The van der Waals surface area contributed by atoms with E-state index >= 15 is 0 Å². The van der Waals surface area contributed by atoms with Crippen LogP contribution in [0.15, 0.2) is 46.1 Å².